The Morgan fingerprint density at radius 3 is 2.00 bits per heavy atom. The number of likely N-dealkylation sites (N-methyl/N-ethyl adjacent to an activating group) is 1. The second-order valence-corrected chi connectivity index (χ2v) is 5.53. The van der Waals surface area contributed by atoms with E-state index in [9.17, 15) is 13.2 Å². The first-order valence-electron chi connectivity index (χ1n) is 8.05. The molecule has 1 atom stereocenters. The molecule has 0 aliphatic rings. The molecule has 2 rings (SSSR count). The molecule has 0 saturated carbocycles. The molecule has 0 spiro atoms. The van der Waals surface area contributed by atoms with Gasteiger partial charge in [-0.05, 0) is 42.9 Å². The Morgan fingerprint density at radius 2 is 1.50 bits per heavy atom. The topological polar surface area (TPSA) is 12.5 Å². The van der Waals surface area contributed by atoms with Crippen molar-refractivity contribution in [1.82, 2.24) is 4.90 Å². The third-order valence-corrected chi connectivity index (χ3v) is 3.95. The number of rotatable bonds is 7. The van der Waals surface area contributed by atoms with E-state index in [1.165, 1.54) is 12.1 Å². The second-order valence-electron chi connectivity index (χ2n) is 5.53. The van der Waals surface area contributed by atoms with Crippen molar-refractivity contribution in [3.63, 3.8) is 0 Å². The Labute approximate surface area is 140 Å². The number of alkyl halides is 3. The zero-order valence-electron chi connectivity index (χ0n) is 13.9. The largest absolute Gasteiger partial charge is 0.484 e. The highest BCUT2D eigenvalue weighted by Gasteiger charge is 2.30. The average Bonchev–Trinajstić information content (AvgIpc) is 2.59. The van der Waals surface area contributed by atoms with Gasteiger partial charge in [0.25, 0.3) is 0 Å². The van der Waals surface area contributed by atoms with Crippen LogP contribution in [0.1, 0.15) is 31.1 Å². The third kappa shape index (κ3) is 4.99. The maximum Gasteiger partial charge on any atom is 0.416 e. The van der Waals surface area contributed by atoms with Gasteiger partial charge in [-0.1, -0.05) is 44.2 Å². The summed E-state index contributed by atoms with van der Waals surface area (Å²) >= 11 is 0. The molecule has 0 N–H and O–H groups in total. The monoisotopic (exact) mass is 337 g/mol. The summed E-state index contributed by atoms with van der Waals surface area (Å²) in [6, 6.07) is 14.6. The summed E-state index contributed by atoms with van der Waals surface area (Å²) in [5.74, 6) is 0.434. The Morgan fingerprint density at radius 1 is 0.917 bits per heavy atom. The van der Waals surface area contributed by atoms with Crippen LogP contribution in [0.5, 0.6) is 5.75 Å². The molecule has 24 heavy (non-hydrogen) atoms. The van der Waals surface area contributed by atoms with Gasteiger partial charge in [0.2, 0.25) is 0 Å². The summed E-state index contributed by atoms with van der Waals surface area (Å²) in [6.45, 7) is 6.60. The molecule has 0 bridgehead atoms. The molecule has 0 aliphatic carbocycles. The quantitative estimate of drug-likeness (QED) is 0.691. The predicted molar refractivity (Wildman–Crippen MR) is 89.0 cm³/mol. The van der Waals surface area contributed by atoms with E-state index >= 15 is 0 Å². The van der Waals surface area contributed by atoms with E-state index < -0.39 is 11.7 Å². The molecule has 1 unspecified atom stereocenters. The van der Waals surface area contributed by atoms with Crippen LogP contribution in [0.4, 0.5) is 13.2 Å². The summed E-state index contributed by atoms with van der Waals surface area (Å²) in [7, 11) is 0. The van der Waals surface area contributed by atoms with Gasteiger partial charge in [-0.25, -0.2) is 0 Å². The van der Waals surface area contributed by atoms with Gasteiger partial charge in [0, 0.05) is 6.54 Å². The van der Waals surface area contributed by atoms with Crippen LogP contribution in [0.15, 0.2) is 54.6 Å². The second kappa shape index (κ2) is 8.20. The van der Waals surface area contributed by atoms with Gasteiger partial charge in [-0.15, -0.1) is 0 Å². The molecule has 0 aliphatic heterocycles. The standard InChI is InChI=1S/C19H22F3NO/c1-3-23(4-2)14-18(15-8-6-5-7-9-15)24-17-12-10-16(11-13-17)19(20,21)22/h5-13,18H,3-4,14H2,1-2H3. The first kappa shape index (κ1) is 18.3. The van der Waals surface area contributed by atoms with Gasteiger partial charge >= 0.3 is 6.18 Å². The minimum Gasteiger partial charge on any atom is -0.484 e. The number of nitrogens with zero attached hydrogens (tertiary/aromatic N) is 1. The molecule has 0 radical (unpaired) electrons. The van der Waals surface area contributed by atoms with Crippen LogP contribution in [0, 0.1) is 0 Å². The number of hydrogen-bond acceptors (Lipinski definition) is 2. The van der Waals surface area contributed by atoms with Gasteiger partial charge < -0.3 is 4.74 Å². The highest BCUT2D eigenvalue weighted by Crippen LogP contribution is 2.31. The third-order valence-electron chi connectivity index (χ3n) is 3.95. The molecule has 2 aromatic carbocycles. The number of benzene rings is 2. The van der Waals surface area contributed by atoms with Crippen molar-refractivity contribution in [3.05, 3.63) is 65.7 Å². The van der Waals surface area contributed by atoms with Gasteiger partial charge in [-0.2, -0.15) is 13.2 Å². The molecular weight excluding hydrogens is 315 g/mol. The van der Waals surface area contributed by atoms with E-state index in [0.29, 0.717) is 12.3 Å². The Bertz CT molecular complexity index is 607. The van der Waals surface area contributed by atoms with Gasteiger partial charge in [0.1, 0.15) is 11.9 Å². The van der Waals surface area contributed by atoms with E-state index in [2.05, 4.69) is 18.7 Å². The average molecular weight is 337 g/mol. The number of halogens is 3. The molecule has 2 aromatic rings. The van der Waals surface area contributed by atoms with Crippen LogP contribution in [0.25, 0.3) is 0 Å². The van der Waals surface area contributed by atoms with Crippen molar-refractivity contribution >= 4 is 0 Å². The first-order valence-corrected chi connectivity index (χ1v) is 8.05. The minimum absolute atomic E-state index is 0.233. The van der Waals surface area contributed by atoms with Gasteiger partial charge in [0.15, 0.2) is 0 Å². The molecule has 130 valence electrons. The lowest BCUT2D eigenvalue weighted by Gasteiger charge is -2.26. The summed E-state index contributed by atoms with van der Waals surface area (Å²) in [4.78, 5) is 2.22. The zero-order valence-corrected chi connectivity index (χ0v) is 13.9. The van der Waals surface area contributed by atoms with Crippen LogP contribution in [0.2, 0.25) is 0 Å². The van der Waals surface area contributed by atoms with Crippen molar-refractivity contribution in [2.75, 3.05) is 19.6 Å². The molecule has 0 saturated heterocycles. The summed E-state index contributed by atoms with van der Waals surface area (Å²) in [5.41, 5.74) is 0.333. The summed E-state index contributed by atoms with van der Waals surface area (Å²) in [6.07, 6.45) is -4.57. The van der Waals surface area contributed by atoms with Crippen LogP contribution in [0.3, 0.4) is 0 Å². The van der Waals surface area contributed by atoms with Crippen molar-refractivity contribution in [3.8, 4) is 5.75 Å². The lowest BCUT2D eigenvalue weighted by atomic mass is 10.1. The summed E-state index contributed by atoms with van der Waals surface area (Å²) in [5, 5.41) is 0. The maximum atomic E-state index is 12.7. The Hall–Kier alpha value is -2.01. The lowest BCUT2D eigenvalue weighted by Crippen LogP contribution is -2.30. The highest BCUT2D eigenvalue weighted by molar-refractivity contribution is 5.30. The Kier molecular flexibility index (Phi) is 6.26. The molecule has 2 nitrogen and oxygen atoms in total. The molecule has 0 aromatic heterocycles. The molecule has 0 amide bonds. The van der Waals surface area contributed by atoms with Crippen LogP contribution < -0.4 is 4.74 Å². The van der Waals surface area contributed by atoms with Crippen molar-refractivity contribution in [2.24, 2.45) is 0 Å². The minimum atomic E-state index is -4.33. The Balaban J connectivity index is 2.18. The van der Waals surface area contributed by atoms with Crippen LogP contribution in [-0.2, 0) is 6.18 Å². The lowest BCUT2D eigenvalue weighted by molar-refractivity contribution is -0.137. The van der Waals surface area contributed by atoms with E-state index in [4.69, 9.17) is 4.74 Å². The smallest absolute Gasteiger partial charge is 0.416 e. The fraction of sp³-hybridized carbons (Fsp3) is 0.368. The maximum absolute atomic E-state index is 12.7. The SMILES string of the molecule is CCN(CC)CC(Oc1ccc(C(F)(F)F)cc1)c1ccccc1. The van der Waals surface area contributed by atoms with Crippen molar-refractivity contribution < 1.29 is 17.9 Å². The fourth-order valence-corrected chi connectivity index (χ4v) is 2.48. The first-order chi connectivity index (χ1) is 11.4. The van der Waals surface area contributed by atoms with E-state index in [0.717, 1.165) is 30.8 Å². The number of ether oxygens (including phenoxy) is 1. The van der Waals surface area contributed by atoms with Crippen molar-refractivity contribution in [2.45, 2.75) is 26.1 Å². The van der Waals surface area contributed by atoms with Gasteiger partial charge in [0.05, 0.1) is 5.56 Å². The zero-order chi connectivity index (χ0) is 17.6. The molecule has 5 heteroatoms. The fourth-order valence-electron chi connectivity index (χ4n) is 2.48. The predicted octanol–water partition coefficient (Wildman–Crippen LogP) is 5.17. The van der Waals surface area contributed by atoms with Crippen molar-refractivity contribution in [1.29, 1.82) is 0 Å². The number of hydrogen-bond donors (Lipinski definition) is 0. The van der Waals surface area contributed by atoms with Crippen LogP contribution in [-0.4, -0.2) is 24.5 Å². The molecule has 0 fully saturated rings. The normalized spacial score (nSPS) is 13.1. The molecular formula is C19H22F3NO. The van der Waals surface area contributed by atoms with Gasteiger partial charge in [-0.3, -0.25) is 4.90 Å². The summed E-state index contributed by atoms with van der Waals surface area (Å²) < 4.78 is 44.0. The molecule has 0 heterocycles. The van der Waals surface area contributed by atoms with Crippen LogP contribution >= 0.6 is 0 Å². The highest BCUT2D eigenvalue weighted by atomic mass is 19.4. The van der Waals surface area contributed by atoms with E-state index in [1.807, 2.05) is 30.3 Å². The van der Waals surface area contributed by atoms with E-state index in [-0.39, 0.29) is 6.10 Å². The van der Waals surface area contributed by atoms with E-state index in [1.54, 1.807) is 0 Å².